The van der Waals surface area contributed by atoms with Crippen LogP contribution in [-0.4, -0.2) is 5.60 Å². The van der Waals surface area contributed by atoms with E-state index in [-0.39, 0.29) is 11.6 Å². The topological polar surface area (TPSA) is 35.2 Å². The van der Waals surface area contributed by atoms with Crippen molar-refractivity contribution in [1.82, 2.24) is 0 Å². The van der Waals surface area contributed by atoms with Crippen LogP contribution in [0, 0.1) is 5.92 Å². The van der Waals surface area contributed by atoms with Crippen LogP contribution in [0.4, 0.5) is 0 Å². The first kappa shape index (κ1) is 14.9. The molecular weight excluding hydrogens is 258 g/mol. The Balaban J connectivity index is 1.59. The van der Waals surface area contributed by atoms with E-state index in [1.54, 1.807) is 0 Å². The highest BCUT2D eigenvalue weighted by atomic mass is 16.5. The van der Waals surface area contributed by atoms with Crippen molar-refractivity contribution < 1.29 is 4.74 Å². The standard InChI is InChI=1S/C19H29NO/c1-19(2)13-16-12-15(9-11-18(16)21-19)17(20)10-8-14-6-4-3-5-7-14/h9,11-12,14,17H,3-8,10,13,20H2,1-2H3. The summed E-state index contributed by atoms with van der Waals surface area (Å²) in [6.45, 7) is 4.30. The molecule has 2 N–H and O–H groups in total. The number of fused-ring (bicyclic) bond motifs is 1. The van der Waals surface area contributed by atoms with Gasteiger partial charge in [0.05, 0.1) is 0 Å². The van der Waals surface area contributed by atoms with Gasteiger partial charge in [0, 0.05) is 12.5 Å². The van der Waals surface area contributed by atoms with Crippen molar-refractivity contribution in [2.45, 2.75) is 76.9 Å². The molecule has 3 rings (SSSR count). The van der Waals surface area contributed by atoms with Crippen molar-refractivity contribution in [2.24, 2.45) is 11.7 Å². The van der Waals surface area contributed by atoms with Gasteiger partial charge in [0.1, 0.15) is 11.4 Å². The first-order valence-corrected chi connectivity index (χ1v) is 8.61. The molecule has 1 atom stereocenters. The number of hydrogen-bond acceptors (Lipinski definition) is 2. The number of rotatable bonds is 4. The quantitative estimate of drug-likeness (QED) is 0.866. The average molecular weight is 287 g/mol. The summed E-state index contributed by atoms with van der Waals surface area (Å²) < 4.78 is 5.94. The Morgan fingerprint density at radius 3 is 2.76 bits per heavy atom. The second kappa shape index (κ2) is 6.00. The Bertz CT molecular complexity index is 488. The van der Waals surface area contributed by atoms with Gasteiger partial charge in [-0.2, -0.15) is 0 Å². The number of ether oxygens (including phenoxy) is 1. The minimum atomic E-state index is -0.0624. The molecule has 116 valence electrons. The monoisotopic (exact) mass is 287 g/mol. The second-order valence-corrected chi connectivity index (χ2v) is 7.59. The van der Waals surface area contributed by atoms with E-state index < -0.39 is 0 Å². The summed E-state index contributed by atoms with van der Waals surface area (Å²) in [5.74, 6) is 1.96. The zero-order chi connectivity index (χ0) is 14.9. The second-order valence-electron chi connectivity index (χ2n) is 7.59. The summed E-state index contributed by atoms with van der Waals surface area (Å²) in [5.41, 5.74) is 8.98. The Labute approximate surface area is 129 Å². The van der Waals surface area contributed by atoms with Crippen LogP contribution in [0.25, 0.3) is 0 Å². The lowest BCUT2D eigenvalue weighted by molar-refractivity contribution is 0.138. The van der Waals surface area contributed by atoms with E-state index >= 15 is 0 Å². The van der Waals surface area contributed by atoms with E-state index in [4.69, 9.17) is 10.5 Å². The molecule has 1 aromatic rings. The highest BCUT2D eigenvalue weighted by Crippen LogP contribution is 2.37. The maximum atomic E-state index is 6.43. The molecule has 0 spiro atoms. The van der Waals surface area contributed by atoms with E-state index in [2.05, 4.69) is 32.0 Å². The molecule has 0 amide bonds. The summed E-state index contributed by atoms with van der Waals surface area (Å²) in [4.78, 5) is 0. The van der Waals surface area contributed by atoms with Gasteiger partial charge < -0.3 is 10.5 Å². The van der Waals surface area contributed by atoms with Gasteiger partial charge in [-0.3, -0.25) is 0 Å². The van der Waals surface area contributed by atoms with E-state index in [9.17, 15) is 0 Å². The van der Waals surface area contributed by atoms with Crippen molar-refractivity contribution in [3.05, 3.63) is 29.3 Å². The van der Waals surface area contributed by atoms with Gasteiger partial charge in [0.25, 0.3) is 0 Å². The Kier molecular flexibility index (Phi) is 4.26. The molecular formula is C19H29NO. The molecule has 0 bridgehead atoms. The van der Waals surface area contributed by atoms with Gasteiger partial charge in [0.15, 0.2) is 0 Å². The zero-order valence-electron chi connectivity index (χ0n) is 13.5. The SMILES string of the molecule is CC1(C)Cc2cc(C(N)CCC3CCCCC3)ccc2O1. The Morgan fingerprint density at radius 2 is 2.00 bits per heavy atom. The lowest BCUT2D eigenvalue weighted by atomic mass is 9.84. The predicted octanol–water partition coefficient (Wildman–Crippen LogP) is 4.76. The highest BCUT2D eigenvalue weighted by molar-refractivity contribution is 5.42. The summed E-state index contributed by atoms with van der Waals surface area (Å²) >= 11 is 0. The van der Waals surface area contributed by atoms with Crippen LogP contribution >= 0.6 is 0 Å². The molecule has 1 heterocycles. The molecule has 0 radical (unpaired) electrons. The summed E-state index contributed by atoms with van der Waals surface area (Å²) in [7, 11) is 0. The smallest absolute Gasteiger partial charge is 0.123 e. The molecule has 2 aliphatic rings. The van der Waals surface area contributed by atoms with Crippen LogP contribution in [0.2, 0.25) is 0 Å². The molecule has 2 heteroatoms. The van der Waals surface area contributed by atoms with Crippen LogP contribution in [0.1, 0.15) is 76.0 Å². The number of nitrogens with two attached hydrogens (primary N) is 1. The summed E-state index contributed by atoms with van der Waals surface area (Å²) in [6, 6.07) is 6.72. The molecule has 21 heavy (non-hydrogen) atoms. The van der Waals surface area contributed by atoms with Crippen molar-refractivity contribution in [2.75, 3.05) is 0 Å². The van der Waals surface area contributed by atoms with Crippen LogP contribution < -0.4 is 10.5 Å². The largest absolute Gasteiger partial charge is 0.487 e. The maximum Gasteiger partial charge on any atom is 0.123 e. The third kappa shape index (κ3) is 3.60. The molecule has 0 saturated heterocycles. The van der Waals surface area contributed by atoms with E-state index in [1.807, 2.05) is 0 Å². The number of benzene rings is 1. The third-order valence-electron chi connectivity index (χ3n) is 5.13. The van der Waals surface area contributed by atoms with Crippen molar-refractivity contribution >= 4 is 0 Å². The normalized spacial score (nSPS) is 22.6. The minimum absolute atomic E-state index is 0.0624. The van der Waals surface area contributed by atoms with E-state index in [1.165, 1.54) is 49.7 Å². The molecule has 2 nitrogen and oxygen atoms in total. The summed E-state index contributed by atoms with van der Waals surface area (Å²) in [6.07, 6.45) is 10.5. The van der Waals surface area contributed by atoms with Gasteiger partial charge in [-0.15, -0.1) is 0 Å². The third-order valence-corrected chi connectivity index (χ3v) is 5.13. The number of hydrogen-bond donors (Lipinski definition) is 1. The molecule has 1 aliphatic carbocycles. The van der Waals surface area contributed by atoms with Crippen molar-refractivity contribution in [3.8, 4) is 5.75 Å². The predicted molar refractivity (Wildman–Crippen MR) is 87.6 cm³/mol. The first-order chi connectivity index (χ1) is 10.0. The van der Waals surface area contributed by atoms with E-state index in [0.29, 0.717) is 0 Å². The summed E-state index contributed by atoms with van der Waals surface area (Å²) in [5, 5.41) is 0. The van der Waals surface area contributed by atoms with Gasteiger partial charge in [0.2, 0.25) is 0 Å². The van der Waals surface area contributed by atoms with Gasteiger partial charge in [-0.1, -0.05) is 44.2 Å². The maximum absolute atomic E-state index is 6.43. The lowest BCUT2D eigenvalue weighted by Crippen LogP contribution is -2.24. The molecule has 1 aliphatic heterocycles. The Morgan fingerprint density at radius 1 is 1.24 bits per heavy atom. The van der Waals surface area contributed by atoms with Gasteiger partial charge in [-0.25, -0.2) is 0 Å². The van der Waals surface area contributed by atoms with Crippen molar-refractivity contribution in [1.29, 1.82) is 0 Å². The van der Waals surface area contributed by atoms with Gasteiger partial charge >= 0.3 is 0 Å². The minimum Gasteiger partial charge on any atom is -0.487 e. The van der Waals surface area contributed by atoms with Crippen LogP contribution in [0.15, 0.2) is 18.2 Å². The lowest BCUT2D eigenvalue weighted by Gasteiger charge is -2.23. The fourth-order valence-electron chi connectivity index (χ4n) is 3.92. The van der Waals surface area contributed by atoms with Crippen molar-refractivity contribution in [3.63, 3.8) is 0 Å². The zero-order valence-corrected chi connectivity index (χ0v) is 13.5. The fourth-order valence-corrected chi connectivity index (χ4v) is 3.92. The Hall–Kier alpha value is -1.02. The van der Waals surface area contributed by atoms with Crippen LogP contribution in [0.3, 0.4) is 0 Å². The van der Waals surface area contributed by atoms with Crippen LogP contribution in [-0.2, 0) is 6.42 Å². The molecule has 1 fully saturated rings. The molecule has 1 unspecified atom stereocenters. The van der Waals surface area contributed by atoms with E-state index in [0.717, 1.165) is 24.5 Å². The van der Waals surface area contributed by atoms with Crippen LogP contribution in [0.5, 0.6) is 5.75 Å². The fraction of sp³-hybridized carbons (Fsp3) is 0.684. The van der Waals surface area contributed by atoms with Gasteiger partial charge in [-0.05, 0) is 49.8 Å². The highest BCUT2D eigenvalue weighted by Gasteiger charge is 2.30. The average Bonchev–Trinajstić information content (AvgIpc) is 2.78. The molecule has 1 aromatic carbocycles. The molecule has 0 aromatic heterocycles. The molecule has 1 saturated carbocycles. The first-order valence-electron chi connectivity index (χ1n) is 8.61.